The summed E-state index contributed by atoms with van der Waals surface area (Å²) in [6, 6.07) is 1.07. The molecule has 0 spiro atoms. The number of aryl methyl sites for hydroxylation is 1. The largest absolute Gasteiger partial charge is 0.357 e. The molecule has 26 heavy (non-hydrogen) atoms. The van der Waals surface area contributed by atoms with Gasteiger partial charge in [0, 0.05) is 57.6 Å². The van der Waals surface area contributed by atoms with Crippen molar-refractivity contribution in [1.82, 2.24) is 24.9 Å². The summed E-state index contributed by atoms with van der Waals surface area (Å²) < 4.78 is 1.91. The highest BCUT2D eigenvalue weighted by atomic mass is 15.3. The van der Waals surface area contributed by atoms with Crippen LogP contribution in [0.4, 0.5) is 0 Å². The molecular weight excluding hydrogens is 324 g/mol. The first-order chi connectivity index (χ1) is 12.2. The molecule has 1 aromatic heterocycles. The first kappa shape index (κ1) is 22.5. The second-order valence-corrected chi connectivity index (χ2v) is 7.88. The van der Waals surface area contributed by atoms with Crippen molar-refractivity contribution >= 4 is 5.96 Å². The molecule has 0 unspecified atom stereocenters. The van der Waals surface area contributed by atoms with E-state index in [9.17, 15) is 0 Å². The Hall–Kier alpha value is -1.56. The third kappa shape index (κ3) is 6.63. The fourth-order valence-electron chi connectivity index (χ4n) is 3.35. The average molecular weight is 365 g/mol. The number of nitrogens with one attached hydrogen (secondary N) is 1. The molecule has 6 nitrogen and oxygen atoms in total. The fourth-order valence-corrected chi connectivity index (χ4v) is 3.35. The van der Waals surface area contributed by atoms with Crippen LogP contribution in [-0.4, -0.2) is 64.3 Å². The Bertz CT molecular complexity index is 551. The van der Waals surface area contributed by atoms with Crippen LogP contribution in [0.25, 0.3) is 0 Å². The van der Waals surface area contributed by atoms with E-state index in [4.69, 9.17) is 4.99 Å². The second-order valence-electron chi connectivity index (χ2n) is 7.88. The summed E-state index contributed by atoms with van der Waals surface area (Å²) in [5, 5.41) is 8.04. The second kappa shape index (κ2) is 10.6. The van der Waals surface area contributed by atoms with Gasteiger partial charge in [-0.25, -0.2) is 0 Å². The molecule has 0 radical (unpaired) electrons. The monoisotopic (exact) mass is 364 g/mol. The molecule has 0 aliphatic heterocycles. The van der Waals surface area contributed by atoms with Crippen molar-refractivity contribution in [3.8, 4) is 0 Å². The number of rotatable bonds is 9. The molecule has 0 amide bonds. The number of nitrogens with zero attached hydrogens (tertiary/aromatic N) is 5. The molecule has 1 rings (SSSR count). The fraction of sp³-hybridized carbons (Fsp3) is 0.800. The maximum atomic E-state index is 4.86. The highest BCUT2D eigenvalue weighted by molar-refractivity contribution is 5.79. The maximum Gasteiger partial charge on any atom is 0.194 e. The predicted molar refractivity (Wildman–Crippen MR) is 112 cm³/mol. The minimum atomic E-state index is 0.421. The zero-order chi connectivity index (χ0) is 19.9. The molecule has 6 heteroatoms. The highest BCUT2D eigenvalue weighted by Crippen LogP contribution is 2.18. The molecule has 1 N–H and O–H groups in total. The summed E-state index contributed by atoms with van der Waals surface area (Å²) >= 11 is 0. The third-order valence-electron chi connectivity index (χ3n) is 4.53. The molecule has 0 bridgehead atoms. The van der Waals surface area contributed by atoms with Crippen LogP contribution in [0.2, 0.25) is 0 Å². The van der Waals surface area contributed by atoms with Gasteiger partial charge < -0.3 is 10.2 Å². The molecule has 1 heterocycles. The topological polar surface area (TPSA) is 48.7 Å². The maximum absolute atomic E-state index is 4.86. The Balaban J connectivity index is 2.82. The lowest BCUT2D eigenvalue weighted by molar-refractivity contribution is 0.180. The van der Waals surface area contributed by atoms with Gasteiger partial charge in [0.1, 0.15) is 0 Å². The van der Waals surface area contributed by atoms with Crippen LogP contribution in [0.15, 0.2) is 11.2 Å². The molecule has 1 aromatic rings. The van der Waals surface area contributed by atoms with Crippen molar-refractivity contribution in [1.29, 1.82) is 0 Å². The van der Waals surface area contributed by atoms with Crippen LogP contribution in [-0.2, 0) is 13.6 Å². The first-order valence-electron chi connectivity index (χ1n) is 9.94. The number of guanidine groups is 1. The Morgan fingerprint density at radius 3 is 2.31 bits per heavy atom. The predicted octanol–water partition coefficient (Wildman–Crippen LogP) is 3.06. The van der Waals surface area contributed by atoms with Crippen molar-refractivity contribution in [2.45, 2.75) is 73.0 Å². The van der Waals surface area contributed by atoms with Gasteiger partial charge in [0.05, 0.1) is 12.2 Å². The van der Waals surface area contributed by atoms with E-state index in [0.717, 1.165) is 32.1 Å². The Kier molecular flexibility index (Phi) is 9.13. The molecule has 150 valence electrons. The van der Waals surface area contributed by atoms with Crippen LogP contribution < -0.4 is 5.32 Å². The summed E-state index contributed by atoms with van der Waals surface area (Å²) in [5.74, 6) is 1.38. The van der Waals surface area contributed by atoms with Crippen molar-refractivity contribution in [2.24, 2.45) is 12.0 Å². The third-order valence-corrected chi connectivity index (χ3v) is 4.53. The van der Waals surface area contributed by atoms with Gasteiger partial charge in [-0.15, -0.1) is 0 Å². The number of aliphatic imine (C=N–C) groups is 1. The molecule has 0 aliphatic carbocycles. The summed E-state index contributed by atoms with van der Waals surface area (Å²) in [6.07, 6.45) is 2.12. The Morgan fingerprint density at radius 1 is 1.19 bits per heavy atom. The van der Waals surface area contributed by atoms with E-state index < -0.39 is 0 Å². The number of aromatic nitrogens is 2. The number of hydrogen-bond acceptors (Lipinski definition) is 3. The van der Waals surface area contributed by atoms with E-state index in [-0.39, 0.29) is 0 Å². The van der Waals surface area contributed by atoms with Gasteiger partial charge in [-0.05, 0) is 40.5 Å². The van der Waals surface area contributed by atoms with Gasteiger partial charge in [0.15, 0.2) is 5.96 Å². The van der Waals surface area contributed by atoms with Crippen LogP contribution in [0, 0.1) is 0 Å². The standard InChI is InChI=1S/C20H40N6/c1-10-21-20(22-11-12-26(16(4)5)17(6)7)24(8)13-18-14-25(9)23-19(18)15(2)3/h14-17H,10-13H2,1-9H3,(H,21,22). The Labute approximate surface area is 160 Å². The van der Waals surface area contributed by atoms with Crippen molar-refractivity contribution in [3.63, 3.8) is 0 Å². The number of hydrogen-bond donors (Lipinski definition) is 1. The van der Waals surface area contributed by atoms with Gasteiger partial charge in [-0.1, -0.05) is 13.8 Å². The van der Waals surface area contributed by atoms with Gasteiger partial charge in [0.25, 0.3) is 0 Å². The zero-order valence-electron chi connectivity index (χ0n) is 18.4. The summed E-state index contributed by atoms with van der Waals surface area (Å²) in [5.41, 5.74) is 2.43. The van der Waals surface area contributed by atoms with E-state index in [0.29, 0.717) is 18.0 Å². The minimum absolute atomic E-state index is 0.421. The molecule has 0 aromatic carbocycles. The van der Waals surface area contributed by atoms with E-state index in [1.807, 2.05) is 11.7 Å². The van der Waals surface area contributed by atoms with Crippen LogP contribution >= 0.6 is 0 Å². The smallest absolute Gasteiger partial charge is 0.194 e. The average Bonchev–Trinajstić information content (AvgIpc) is 2.90. The minimum Gasteiger partial charge on any atom is -0.357 e. The summed E-state index contributed by atoms with van der Waals surface area (Å²) in [4.78, 5) is 9.53. The van der Waals surface area contributed by atoms with Crippen molar-refractivity contribution < 1.29 is 0 Å². The molecule has 0 saturated heterocycles. The van der Waals surface area contributed by atoms with Gasteiger partial charge in [-0.2, -0.15) is 5.10 Å². The van der Waals surface area contributed by atoms with E-state index >= 15 is 0 Å². The lowest BCUT2D eigenvalue weighted by Crippen LogP contribution is -2.41. The SMILES string of the molecule is CCNC(=NCCN(C(C)C)C(C)C)N(C)Cc1cn(C)nc1C(C)C. The van der Waals surface area contributed by atoms with Gasteiger partial charge in [-0.3, -0.25) is 14.6 Å². The van der Waals surface area contributed by atoms with Crippen molar-refractivity contribution in [2.75, 3.05) is 26.7 Å². The Morgan fingerprint density at radius 2 is 1.81 bits per heavy atom. The molecule has 0 atom stereocenters. The van der Waals surface area contributed by atoms with Gasteiger partial charge in [0.2, 0.25) is 0 Å². The van der Waals surface area contributed by atoms with Crippen LogP contribution in [0.3, 0.4) is 0 Å². The first-order valence-corrected chi connectivity index (χ1v) is 9.94. The van der Waals surface area contributed by atoms with E-state index in [2.05, 4.69) is 81.9 Å². The molecule has 0 fully saturated rings. The molecular formula is C20H40N6. The van der Waals surface area contributed by atoms with E-state index in [1.54, 1.807) is 0 Å². The molecule has 0 aliphatic rings. The lowest BCUT2D eigenvalue weighted by atomic mass is 10.1. The zero-order valence-corrected chi connectivity index (χ0v) is 18.4. The lowest BCUT2D eigenvalue weighted by Gasteiger charge is -2.30. The van der Waals surface area contributed by atoms with Gasteiger partial charge >= 0.3 is 0 Å². The summed E-state index contributed by atoms with van der Waals surface area (Å²) in [7, 11) is 4.09. The normalized spacial score (nSPS) is 12.7. The van der Waals surface area contributed by atoms with Crippen LogP contribution in [0.5, 0.6) is 0 Å². The molecule has 0 saturated carbocycles. The van der Waals surface area contributed by atoms with E-state index in [1.165, 1.54) is 11.3 Å². The van der Waals surface area contributed by atoms with Crippen LogP contribution in [0.1, 0.15) is 65.6 Å². The quantitative estimate of drug-likeness (QED) is 0.540. The van der Waals surface area contributed by atoms with Crippen molar-refractivity contribution in [3.05, 3.63) is 17.5 Å². The summed E-state index contributed by atoms with van der Waals surface area (Å²) in [6.45, 7) is 18.9. The highest BCUT2D eigenvalue weighted by Gasteiger charge is 2.16.